The zero-order valence-electron chi connectivity index (χ0n) is 19.2. The average molecular weight is 530 g/mol. The second-order valence-corrected chi connectivity index (χ2v) is 7.97. The molecule has 3 aromatic carbocycles. The van der Waals surface area contributed by atoms with Gasteiger partial charge in [0, 0.05) is 10.6 Å². The molecule has 9 nitrogen and oxygen atoms in total. The summed E-state index contributed by atoms with van der Waals surface area (Å²) in [4.78, 5) is 36.6. The predicted molar refractivity (Wildman–Crippen MR) is 135 cm³/mol. The number of rotatable bonds is 9. The second-order valence-electron chi connectivity index (χ2n) is 7.13. The molecule has 0 fully saturated rings. The first-order valence-electron chi connectivity index (χ1n) is 10.4. The molecule has 0 spiro atoms. The highest BCUT2D eigenvalue weighted by Crippen LogP contribution is 2.30. The summed E-state index contributed by atoms with van der Waals surface area (Å²) >= 11 is 11.9. The molecule has 0 radical (unpaired) electrons. The number of ether oxygens (including phenoxy) is 3. The van der Waals surface area contributed by atoms with Gasteiger partial charge in [0.2, 0.25) is 0 Å². The summed E-state index contributed by atoms with van der Waals surface area (Å²) < 4.78 is 15.7. The van der Waals surface area contributed by atoms with Crippen molar-refractivity contribution in [1.82, 2.24) is 10.7 Å². The number of amides is 2. The number of nitrogens with zero attached hydrogens (tertiary/aromatic N) is 1. The SMILES string of the molecule is COc1ccc(C(=O)NCC(=O)N/N=C\c2ccc(OC(=O)c3ccc(Cl)cc3Cl)c(OC)c2)cc1. The number of methoxy groups -OCH3 is 2. The Morgan fingerprint density at radius 2 is 1.67 bits per heavy atom. The van der Waals surface area contributed by atoms with E-state index in [1.807, 2.05) is 0 Å². The van der Waals surface area contributed by atoms with Gasteiger partial charge in [0.25, 0.3) is 11.8 Å². The van der Waals surface area contributed by atoms with Gasteiger partial charge in [0.1, 0.15) is 5.75 Å². The van der Waals surface area contributed by atoms with Gasteiger partial charge in [-0.15, -0.1) is 0 Å². The van der Waals surface area contributed by atoms with Crippen LogP contribution in [0.5, 0.6) is 17.2 Å². The van der Waals surface area contributed by atoms with E-state index in [1.165, 1.54) is 44.7 Å². The molecule has 2 amide bonds. The molecule has 0 bridgehead atoms. The van der Waals surface area contributed by atoms with Gasteiger partial charge in [0.15, 0.2) is 11.5 Å². The summed E-state index contributed by atoms with van der Waals surface area (Å²) in [5.74, 6) is -0.573. The normalized spacial score (nSPS) is 10.6. The molecule has 2 N–H and O–H groups in total. The van der Waals surface area contributed by atoms with Crippen LogP contribution in [0.3, 0.4) is 0 Å². The fourth-order valence-corrected chi connectivity index (χ4v) is 3.37. The lowest BCUT2D eigenvalue weighted by Gasteiger charge is -2.10. The van der Waals surface area contributed by atoms with Crippen LogP contribution in [0.2, 0.25) is 10.0 Å². The van der Waals surface area contributed by atoms with Crippen molar-refractivity contribution in [2.24, 2.45) is 5.10 Å². The number of hydrogen-bond acceptors (Lipinski definition) is 7. The van der Waals surface area contributed by atoms with Crippen LogP contribution in [-0.4, -0.2) is 44.8 Å². The molecule has 0 saturated carbocycles. The van der Waals surface area contributed by atoms with Crippen LogP contribution in [0, 0.1) is 0 Å². The molecule has 36 heavy (non-hydrogen) atoms. The number of hydrogen-bond donors (Lipinski definition) is 2. The lowest BCUT2D eigenvalue weighted by molar-refractivity contribution is -0.120. The summed E-state index contributed by atoms with van der Waals surface area (Å²) in [6, 6.07) is 15.6. The van der Waals surface area contributed by atoms with Crippen LogP contribution in [0.25, 0.3) is 0 Å². The summed E-state index contributed by atoms with van der Waals surface area (Å²) in [7, 11) is 2.94. The molecule has 0 unspecified atom stereocenters. The summed E-state index contributed by atoms with van der Waals surface area (Å²) in [6.07, 6.45) is 1.37. The van der Waals surface area contributed by atoms with Gasteiger partial charge in [-0.05, 0) is 66.2 Å². The van der Waals surface area contributed by atoms with Crippen LogP contribution in [0.4, 0.5) is 0 Å². The zero-order valence-corrected chi connectivity index (χ0v) is 20.7. The van der Waals surface area contributed by atoms with Gasteiger partial charge in [0.05, 0.1) is 37.6 Å². The lowest BCUT2D eigenvalue weighted by Crippen LogP contribution is -2.34. The van der Waals surface area contributed by atoms with Gasteiger partial charge < -0.3 is 19.5 Å². The third-order valence-corrected chi connectivity index (χ3v) is 5.25. The van der Waals surface area contributed by atoms with Gasteiger partial charge in [-0.2, -0.15) is 5.10 Å². The van der Waals surface area contributed by atoms with E-state index in [0.717, 1.165) is 0 Å². The maximum atomic E-state index is 12.5. The number of benzene rings is 3. The number of nitrogens with one attached hydrogen (secondary N) is 2. The van der Waals surface area contributed by atoms with Crippen LogP contribution in [0.1, 0.15) is 26.3 Å². The molecular weight excluding hydrogens is 509 g/mol. The summed E-state index contributed by atoms with van der Waals surface area (Å²) in [5, 5.41) is 6.91. The van der Waals surface area contributed by atoms with Crippen LogP contribution >= 0.6 is 23.2 Å². The van der Waals surface area contributed by atoms with E-state index in [2.05, 4.69) is 15.8 Å². The number of halogens is 2. The topological polar surface area (TPSA) is 115 Å². The third-order valence-electron chi connectivity index (χ3n) is 4.71. The fourth-order valence-electron chi connectivity index (χ4n) is 2.88. The van der Waals surface area contributed by atoms with Crippen molar-refractivity contribution in [3.05, 3.63) is 87.4 Å². The number of carbonyl (C=O) groups excluding carboxylic acids is 3. The standard InChI is InChI=1S/C25H21Cl2N3O6/c1-34-18-7-4-16(5-8-18)24(32)28-14-23(31)30-29-13-15-3-10-21(22(11-15)35-2)36-25(33)19-9-6-17(26)12-20(19)27/h3-13H,14H2,1-2H3,(H,28,32)(H,30,31)/b29-13-. The predicted octanol–water partition coefficient (Wildman–Crippen LogP) is 4.11. The molecular formula is C25H21Cl2N3O6. The molecule has 186 valence electrons. The second kappa shape index (κ2) is 12.6. The Labute approximate surface area is 216 Å². The van der Waals surface area contributed by atoms with Gasteiger partial charge in [-0.3, -0.25) is 9.59 Å². The van der Waals surface area contributed by atoms with Crippen molar-refractivity contribution in [2.45, 2.75) is 0 Å². The molecule has 0 aliphatic rings. The Morgan fingerprint density at radius 3 is 2.33 bits per heavy atom. The van der Waals surface area contributed by atoms with Crippen LogP contribution < -0.4 is 25.0 Å². The molecule has 0 aliphatic heterocycles. The monoisotopic (exact) mass is 529 g/mol. The molecule has 3 aromatic rings. The maximum Gasteiger partial charge on any atom is 0.345 e. The van der Waals surface area contributed by atoms with Crippen LogP contribution in [0.15, 0.2) is 65.8 Å². The van der Waals surface area contributed by atoms with E-state index in [1.54, 1.807) is 36.4 Å². The first kappa shape index (κ1) is 26.5. The maximum absolute atomic E-state index is 12.5. The highest BCUT2D eigenvalue weighted by Gasteiger charge is 2.16. The minimum absolute atomic E-state index is 0.149. The number of esters is 1. The average Bonchev–Trinajstić information content (AvgIpc) is 2.88. The van der Waals surface area contributed by atoms with E-state index in [4.69, 9.17) is 37.4 Å². The smallest absolute Gasteiger partial charge is 0.345 e. The molecule has 11 heteroatoms. The van der Waals surface area contributed by atoms with E-state index in [-0.39, 0.29) is 28.6 Å². The number of hydrazone groups is 1. The van der Waals surface area contributed by atoms with Crippen molar-refractivity contribution in [1.29, 1.82) is 0 Å². The van der Waals surface area contributed by atoms with Crippen molar-refractivity contribution in [3.8, 4) is 17.2 Å². The van der Waals surface area contributed by atoms with E-state index < -0.39 is 17.8 Å². The molecule has 0 aromatic heterocycles. The lowest BCUT2D eigenvalue weighted by atomic mass is 10.2. The van der Waals surface area contributed by atoms with E-state index in [0.29, 0.717) is 21.9 Å². The van der Waals surface area contributed by atoms with E-state index >= 15 is 0 Å². The molecule has 3 rings (SSSR count). The highest BCUT2D eigenvalue weighted by molar-refractivity contribution is 6.36. The van der Waals surface area contributed by atoms with Gasteiger partial charge in [-0.25, -0.2) is 10.2 Å². The molecule has 0 aliphatic carbocycles. The van der Waals surface area contributed by atoms with Gasteiger partial charge in [-0.1, -0.05) is 23.2 Å². The van der Waals surface area contributed by atoms with Gasteiger partial charge >= 0.3 is 5.97 Å². The Hall–Kier alpha value is -4.08. The first-order valence-corrected chi connectivity index (χ1v) is 11.2. The Bertz CT molecular complexity index is 1300. The van der Waals surface area contributed by atoms with Crippen molar-refractivity contribution in [3.63, 3.8) is 0 Å². The zero-order chi connectivity index (χ0) is 26.1. The van der Waals surface area contributed by atoms with Crippen molar-refractivity contribution >= 4 is 47.2 Å². The highest BCUT2D eigenvalue weighted by atomic mass is 35.5. The minimum Gasteiger partial charge on any atom is -0.497 e. The summed E-state index contributed by atoms with van der Waals surface area (Å²) in [5.41, 5.74) is 3.41. The molecule has 0 saturated heterocycles. The third kappa shape index (κ3) is 7.21. The molecule has 0 atom stereocenters. The van der Waals surface area contributed by atoms with Crippen molar-refractivity contribution in [2.75, 3.05) is 20.8 Å². The van der Waals surface area contributed by atoms with Crippen LogP contribution in [-0.2, 0) is 4.79 Å². The van der Waals surface area contributed by atoms with Crippen molar-refractivity contribution < 1.29 is 28.6 Å². The Kier molecular flexibility index (Phi) is 9.26. The Balaban J connectivity index is 1.54. The first-order chi connectivity index (χ1) is 17.3. The minimum atomic E-state index is -0.680. The quantitative estimate of drug-likeness (QED) is 0.186. The van der Waals surface area contributed by atoms with E-state index in [9.17, 15) is 14.4 Å². The molecule has 0 heterocycles. The summed E-state index contributed by atoms with van der Waals surface area (Å²) in [6.45, 7) is -0.270. The largest absolute Gasteiger partial charge is 0.497 e. The fraction of sp³-hybridized carbons (Fsp3) is 0.120. The Morgan fingerprint density at radius 1 is 0.917 bits per heavy atom. The number of carbonyl (C=O) groups is 3.